The van der Waals surface area contributed by atoms with Gasteiger partial charge < -0.3 is 51.6 Å². The fourth-order valence-electron chi connectivity index (χ4n) is 8.62. The van der Waals surface area contributed by atoms with E-state index in [1.807, 2.05) is 62.4 Å². The molecule has 0 unspecified atom stereocenters. The Morgan fingerprint density at radius 3 is 1.25 bits per heavy atom. The van der Waals surface area contributed by atoms with Gasteiger partial charge in [-0.15, -0.1) is 0 Å². The monoisotopic (exact) mass is 1280 g/mol. The summed E-state index contributed by atoms with van der Waals surface area (Å²) in [6.07, 6.45) is -15.7. The van der Waals surface area contributed by atoms with E-state index in [-0.39, 0.29) is 52.6 Å². The molecule has 2 amide bonds. The van der Waals surface area contributed by atoms with Gasteiger partial charge in [0.2, 0.25) is 23.9 Å². The molecule has 8 rings (SSSR count). The average molecular weight is 1280 g/mol. The molecule has 0 radical (unpaired) electrons. The molecule has 0 saturated heterocycles. The number of aromatic nitrogens is 4. The van der Waals surface area contributed by atoms with Crippen molar-refractivity contribution >= 4 is 47.6 Å². The van der Waals surface area contributed by atoms with Gasteiger partial charge in [0.15, 0.2) is 6.10 Å². The highest BCUT2D eigenvalue weighted by atomic mass is 35.5. The minimum atomic E-state index is -4.76. The fourth-order valence-corrected chi connectivity index (χ4v) is 8.81. The number of halogens is 7. The molecule has 0 spiro atoms. The zero-order valence-corrected chi connectivity index (χ0v) is 51.3. The van der Waals surface area contributed by atoms with Crippen LogP contribution in [0.4, 0.5) is 47.8 Å². The highest BCUT2D eigenvalue weighted by molar-refractivity contribution is 6.29. The Labute approximate surface area is 525 Å². The lowest BCUT2D eigenvalue weighted by molar-refractivity contribution is -0.206. The van der Waals surface area contributed by atoms with Gasteiger partial charge >= 0.3 is 36.5 Å². The van der Waals surface area contributed by atoms with E-state index in [4.69, 9.17) is 42.4 Å². The van der Waals surface area contributed by atoms with Gasteiger partial charge in [0.05, 0.1) is 11.4 Å². The number of nitrogen functional groups attached to an aromatic ring is 2. The van der Waals surface area contributed by atoms with Gasteiger partial charge in [0.1, 0.15) is 28.4 Å². The summed E-state index contributed by atoms with van der Waals surface area (Å²) in [5.41, 5.74) is 18.4. The summed E-state index contributed by atoms with van der Waals surface area (Å²) in [6, 6.07) is 40.9. The second-order valence-electron chi connectivity index (χ2n) is 22.7. The van der Waals surface area contributed by atoms with Gasteiger partial charge in [-0.3, -0.25) is 0 Å². The number of rotatable bonds is 16. The van der Waals surface area contributed by atoms with Crippen LogP contribution in [0.15, 0.2) is 158 Å². The van der Waals surface area contributed by atoms with Gasteiger partial charge in [-0.1, -0.05) is 168 Å². The quantitative estimate of drug-likeness (QED) is 0.0350. The molecule has 480 valence electrons. The van der Waals surface area contributed by atoms with Gasteiger partial charge in [-0.05, 0) is 94.3 Å². The standard InChI is InChI=1S/C33H33F3N4O5.C18H21ClN4O4.C15H13F3O/c1-19-6-5-7-24(16-19)21-12-14-23(15-13-21)28(33(34,35)36)44-27-18-25(38-30(37)40-27)22-10-8-20(9-11-22)17-26(29(41)42)39-31(43)45-32(2,3)4;1-18(2,3)27-17(26)22-13(15(24)25)8-10-4-6-11(7-5-10)12-9-14(19)23-16(20)21-12;1-10-3-2-4-13(9-10)11-5-7-12(8-6-11)14(19)15(16,17)18/h5-16,18,26,28H,17H2,1-4H3,(H,39,43)(H,41,42)(H2,37,38,40);4-7,9,13H,8H2,1-3H3,(H,22,26)(H,24,25)(H2,20,21,23);2-9,14,19H,1H3/t26-,28+;13-;14-/m001/s1. The number of ether oxygens (including phenoxy) is 3. The largest absolute Gasteiger partial charge is 0.480 e. The van der Waals surface area contributed by atoms with Crippen molar-refractivity contribution in [3.05, 3.63) is 196 Å². The van der Waals surface area contributed by atoms with Crippen molar-refractivity contribution in [2.24, 2.45) is 0 Å². The van der Waals surface area contributed by atoms with Crippen LogP contribution < -0.4 is 26.8 Å². The van der Waals surface area contributed by atoms with E-state index in [1.54, 1.807) is 120 Å². The molecule has 0 fully saturated rings. The number of nitrogens with one attached hydrogen (secondary N) is 2. The maximum Gasteiger partial charge on any atom is 0.429 e. The van der Waals surface area contributed by atoms with Crippen molar-refractivity contribution in [1.82, 2.24) is 30.6 Å². The molecule has 91 heavy (non-hydrogen) atoms. The molecule has 0 aliphatic rings. The number of carboxylic acid groups (broad SMARTS) is 2. The lowest BCUT2D eigenvalue weighted by Gasteiger charge is -2.22. The highest BCUT2D eigenvalue weighted by Crippen LogP contribution is 2.39. The summed E-state index contributed by atoms with van der Waals surface area (Å²) in [5.74, 6) is -3.01. The van der Waals surface area contributed by atoms with E-state index in [9.17, 15) is 55.7 Å². The zero-order chi connectivity index (χ0) is 67.2. The number of amides is 2. The van der Waals surface area contributed by atoms with Gasteiger partial charge in [0, 0.05) is 41.7 Å². The summed E-state index contributed by atoms with van der Waals surface area (Å²) in [4.78, 5) is 63.0. The first kappa shape index (κ1) is 70.3. The topological polar surface area (TPSA) is 284 Å². The number of benzene rings is 6. The molecule has 2 aromatic heterocycles. The lowest BCUT2D eigenvalue weighted by atomic mass is 10.0. The number of anilines is 2. The molecule has 8 aromatic rings. The Hall–Kier alpha value is -9.81. The number of aliphatic hydroxyl groups excluding tert-OH is 1. The van der Waals surface area contributed by atoms with Crippen LogP contribution in [0.5, 0.6) is 5.88 Å². The van der Waals surface area contributed by atoms with Crippen molar-refractivity contribution in [3.63, 3.8) is 0 Å². The predicted molar refractivity (Wildman–Crippen MR) is 331 cm³/mol. The van der Waals surface area contributed by atoms with Gasteiger partial charge in [0.25, 0.3) is 0 Å². The van der Waals surface area contributed by atoms with E-state index in [1.165, 1.54) is 30.3 Å². The number of aliphatic hydroxyl groups is 1. The maximum absolute atomic E-state index is 14.2. The molecular weight excluding hydrogens is 1210 g/mol. The molecule has 9 N–H and O–H groups in total. The first-order valence-corrected chi connectivity index (χ1v) is 28.3. The highest BCUT2D eigenvalue weighted by Gasteiger charge is 2.44. The van der Waals surface area contributed by atoms with Crippen LogP contribution >= 0.6 is 11.6 Å². The molecule has 6 aromatic carbocycles. The predicted octanol–water partition coefficient (Wildman–Crippen LogP) is 14.1. The lowest BCUT2D eigenvalue weighted by Crippen LogP contribution is -2.44. The molecule has 2 heterocycles. The van der Waals surface area contributed by atoms with Crippen LogP contribution in [-0.2, 0) is 31.9 Å². The normalized spacial score (nSPS) is 12.9. The van der Waals surface area contributed by atoms with Crippen LogP contribution in [-0.4, -0.2) is 95.0 Å². The second kappa shape index (κ2) is 30.1. The third-order valence-corrected chi connectivity index (χ3v) is 13.0. The maximum atomic E-state index is 14.2. The molecule has 0 aliphatic carbocycles. The smallest absolute Gasteiger partial charge is 0.429 e. The zero-order valence-electron chi connectivity index (χ0n) is 50.5. The number of carbonyl (C=O) groups is 4. The first-order valence-electron chi connectivity index (χ1n) is 27.9. The summed E-state index contributed by atoms with van der Waals surface area (Å²) in [5, 5.41) is 33.0. The molecule has 18 nitrogen and oxygen atoms in total. The first-order chi connectivity index (χ1) is 42.5. The number of aryl methyl sites for hydroxylation is 2. The second-order valence-corrected chi connectivity index (χ2v) is 23.1. The van der Waals surface area contributed by atoms with Crippen LogP contribution in [0.3, 0.4) is 0 Å². The Morgan fingerprint density at radius 2 is 0.890 bits per heavy atom. The summed E-state index contributed by atoms with van der Waals surface area (Å²) in [6.45, 7) is 14.0. The minimum Gasteiger partial charge on any atom is -0.480 e. The molecule has 0 aliphatic heterocycles. The summed E-state index contributed by atoms with van der Waals surface area (Å²) in [7, 11) is 0. The molecule has 25 heteroatoms. The van der Waals surface area contributed by atoms with E-state index >= 15 is 0 Å². The van der Waals surface area contributed by atoms with E-state index in [0.29, 0.717) is 16.8 Å². The van der Waals surface area contributed by atoms with Crippen molar-refractivity contribution < 1.29 is 75.1 Å². The minimum absolute atomic E-state index is 0.0505. The number of nitrogens with two attached hydrogens (primary N) is 2. The van der Waals surface area contributed by atoms with Crippen molar-refractivity contribution in [1.29, 1.82) is 0 Å². The van der Waals surface area contributed by atoms with Crippen LogP contribution in [0, 0.1) is 13.8 Å². The number of nitrogens with zero attached hydrogens (tertiary/aromatic N) is 4. The molecule has 0 saturated carbocycles. The Balaban J connectivity index is 0.000000241. The molecule has 0 bridgehead atoms. The van der Waals surface area contributed by atoms with Crippen molar-refractivity contribution in [2.45, 2.75) is 116 Å². The summed E-state index contributed by atoms with van der Waals surface area (Å²) < 4.78 is 95.2. The van der Waals surface area contributed by atoms with E-state index < -0.39 is 72.0 Å². The number of carbonyl (C=O) groups excluding carboxylic acids is 2. The van der Waals surface area contributed by atoms with Crippen LogP contribution in [0.1, 0.15) is 87.1 Å². The van der Waals surface area contributed by atoms with E-state index in [0.717, 1.165) is 44.5 Å². The molecular formula is C66H67ClF6N8O10. The summed E-state index contributed by atoms with van der Waals surface area (Å²) >= 11 is 5.88. The Morgan fingerprint density at radius 1 is 0.505 bits per heavy atom. The number of hydrogen-bond acceptors (Lipinski definition) is 14. The number of alkyl halides is 6. The molecule has 4 atom stereocenters. The number of carboxylic acids is 2. The number of hydrogen-bond donors (Lipinski definition) is 7. The van der Waals surface area contributed by atoms with Crippen molar-refractivity contribution in [3.8, 4) is 50.6 Å². The third kappa shape index (κ3) is 22.3. The fraction of sp³-hybridized carbons (Fsp3) is 0.273. The third-order valence-electron chi connectivity index (χ3n) is 12.8. The Kier molecular flexibility index (Phi) is 23.3. The van der Waals surface area contributed by atoms with Crippen LogP contribution in [0.25, 0.3) is 44.8 Å². The van der Waals surface area contributed by atoms with Crippen LogP contribution in [0.2, 0.25) is 5.15 Å². The van der Waals surface area contributed by atoms with Crippen molar-refractivity contribution in [2.75, 3.05) is 11.5 Å². The average Bonchev–Trinajstić information content (AvgIpc) is 1.07. The van der Waals surface area contributed by atoms with Gasteiger partial charge in [-0.2, -0.15) is 31.3 Å². The van der Waals surface area contributed by atoms with Gasteiger partial charge in [-0.25, -0.2) is 34.1 Å². The number of alkyl carbamates (subject to hydrolysis) is 2. The SMILES string of the molecule is CC(C)(C)OC(=O)N[C@@H](Cc1ccc(-c2cc(Cl)nc(N)n2)cc1)C(=O)O.Cc1cccc(-c2ccc([C@@H](O)C(F)(F)F)cc2)c1.Cc1cccc(-c2ccc([C@@H](Oc3cc(-c4ccc(C[C@H](NC(=O)OC(C)(C)C)C(=O)O)cc4)nc(N)n3)C(F)(F)F)cc2)c1. The Bertz CT molecular complexity index is 3770. The van der Waals surface area contributed by atoms with E-state index in [2.05, 4.69) is 30.6 Å². The number of aliphatic carboxylic acids is 2.